The number of halogens is 2. The monoisotopic (exact) mass is 393 g/mol. The Hall–Kier alpha value is -0.850. The smallest absolute Gasteiger partial charge is 0.191 e. The number of nitrogens with two attached hydrogens (primary N) is 1. The fourth-order valence-electron chi connectivity index (χ4n) is 1.93. The SMILES string of the molecule is CCN(CC)C(N)=NCC(C)(C)c1cccc(F)c1.I. The zero-order valence-corrected chi connectivity index (χ0v) is 15.0. The fourth-order valence-corrected chi connectivity index (χ4v) is 1.93. The maximum absolute atomic E-state index is 13.3. The van der Waals surface area contributed by atoms with E-state index in [1.807, 2.05) is 38.7 Å². The summed E-state index contributed by atoms with van der Waals surface area (Å²) in [6.45, 7) is 10.4. The minimum Gasteiger partial charge on any atom is -0.370 e. The van der Waals surface area contributed by atoms with Gasteiger partial charge in [0, 0.05) is 18.5 Å². The summed E-state index contributed by atoms with van der Waals surface area (Å²) in [5, 5.41) is 0. The molecule has 2 N–H and O–H groups in total. The molecule has 0 fully saturated rings. The lowest BCUT2D eigenvalue weighted by atomic mass is 9.85. The Labute approximate surface area is 138 Å². The predicted molar refractivity (Wildman–Crippen MR) is 94.3 cm³/mol. The van der Waals surface area contributed by atoms with Gasteiger partial charge >= 0.3 is 0 Å². The lowest BCUT2D eigenvalue weighted by Crippen LogP contribution is -2.38. The zero-order valence-electron chi connectivity index (χ0n) is 12.7. The molecule has 1 aromatic carbocycles. The number of hydrogen-bond acceptors (Lipinski definition) is 1. The molecule has 0 saturated carbocycles. The summed E-state index contributed by atoms with van der Waals surface area (Å²) in [5.74, 6) is 0.334. The molecule has 5 heteroatoms. The van der Waals surface area contributed by atoms with E-state index in [4.69, 9.17) is 5.73 Å². The summed E-state index contributed by atoms with van der Waals surface area (Å²) in [6.07, 6.45) is 0. The van der Waals surface area contributed by atoms with Crippen molar-refractivity contribution in [3.8, 4) is 0 Å². The van der Waals surface area contributed by atoms with Crippen molar-refractivity contribution in [3.63, 3.8) is 0 Å². The van der Waals surface area contributed by atoms with Crippen molar-refractivity contribution in [2.75, 3.05) is 19.6 Å². The zero-order chi connectivity index (χ0) is 14.5. The van der Waals surface area contributed by atoms with Crippen LogP contribution >= 0.6 is 24.0 Å². The van der Waals surface area contributed by atoms with Crippen molar-refractivity contribution in [2.45, 2.75) is 33.1 Å². The highest BCUT2D eigenvalue weighted by molar-refractivity contribution is 14.0. The van der Waals surface area contributed by atoms with Gasteiger partial charge in [-0.3, -0.25) is 4.99 Å². The van der Waals surface area contributed by atoms with Gasteiger partial charge in [-0.05, 0) is 31.5 Å². The molecule has 0 amide bonds. The number of aliphatic imine (C=N–C) groups is 1. The van der Waals surface area contributed by atoms with E-state index in [1.54, 1.807) is 12.1 Å². The Morgan fingerprint density at radius 1 is 1.30 bits per heavy atom. The van der Waals surface area contributed by atoms with Crippen LogP contribution in [0.15, 0.2) is 29.3 Å². The van der Waals surface area contributed by atoms with Crippen LogP contribution in [0.25, 0.3) is 0 Å². The molecular formula is C15H25FIN3. The normalized spacial score (nSPS) is 11.9. The third-order valence-corrected chi connectivity index (χ3v) is 3.33. The molecule has 3 nitrogen and oxygen atoms in total. The highest BCUT2D eigenvalue weighted by atomic mass is 127. The van der Waals surface area contributed by atoms with Crippen molar-refractivity contribution in [1.29, 1.82) is 0 Å². The van der Waals surface area contributed by atoms with Gasteiger partial charge in [-0.25, -0.2) is 4.39 Å². The van der Waals surface area contributed by atoms with Crippen LogP contribution in [0.2, 0.25) is 0 Å². The molecule has 0 atom stereocenters. The van der Waals surface area contributed by atoms with Crippen molar-refractivity contribution in [3.05, 3.63) is 35.6 Å². The van der Waals surface area contributed by atoms with Gasteiger partial charge in [0.15, 0.2) is 5.96 Å². The molecule has 20 heavy (non-hydrogen) atoms. The van der Waals surface area contributed by atoms with Gasteiger partial charge in [0.2, 0.25) is 0 Å². The Kier molecular flexibility index (Phi) is 8.08. The summed E-state index contributed by atoms with van der Waals surface area (Å²) in [7, 11) is 0. The molecule has 114 valence electrons. The van der Waals surface area contributed by atoms with E-state index in [0.29, 0.717) is 12.5 Å². The maximum atomic E-state index is 13.3. The van der Waals surface area contributed by atoms with Crippen LogP contribution in [0.1, 0.15) is 33.3 Å². The fraction of sp³-hybridized carbons (Fsp3) is 0.533. The number of benzene rings is 1. The van der Waals surface area contributed by atoms with Crippen LogP contribution in [-0.2, 0) is 5.41 Å². The third kappa shape index (κ3) is 5.26. The predicted octanol–water partition coefficient (Wildman–Crippen LogP) is 3.38. The lowest BCUT2D eigenvalue weighted by molar-refractivity contribution is 0.451. The maximum Gasteiger partial charge on any atom is 0.191 e. The minimum absolute atomic E-state index is 0. The molecule has 0 aliphatic rings. The number of guanidine groups is 1. The molecule has 0 aromatic heterocycles. The van der Waals surface area contributed by atoms with Crippen molar-refractivity contribution < 1.29 is 4.39 Å². The van der Waals surface area contributed by atoms with Crippen LogP contribution in [-0.4, -0.2) is 30.5 Å². The molecule has 0 radical (unpaired) electrons. The molecule has 0 saturated heterocycles. The van der Waals surface area contributed by atoms with E-state index >= 15 is 0 Å². The summed E-state index contributed by atoms with van der Waals surface area (Å²) < 4.78 is 13.3. The average molecular weight is 393 g/mol. The lowest BCUT2D eigenvalue weighted by Gasteiger charge is -2.25. The Bertz CT molecular complexity index is 442. The van der Waals surface area contributed by atoms with Crippen molar-refractivity contribution in [1.82, 2.24) is 4.90 Å². The first-order valence-corrected chi connectivity index (χ1v) is 6.71. The van der Waals surface area contributed by atoms with Crippen LogP contribution in [0, 0.1) is 5.82 Å². The Morgan fingerprint density at radius 2 is 1.90 bits per heavy atom. The van der Waals surface area contributed by atoms with E-state index in [9.17, 15) is 4.39 Å². The van der Waals surface area contributed by atoms with Crippen LogP contribution in [0.4, 0.5) is 4.39 Å². The van der Waals surface area contributed by atoms with E-state index in [1.165, 1.54) is 6.07 Å². The Morgan fingerprint density at radius 3 is 2.40 bits per heavy atom. The first kappa shape index (κ1) is 19.1. The molecule has 0 bridgehead atoms. The van der Waals surface area contributed by atoms with Gasteiger partial charge in [0.25, 0.3) is 0 Å². The van der Waals surface area contributed by atoms with Crippen LogP contribution in [0.3, 0.4) is 0 Å². The van der Waals surface area contributed by atoms with Crippen LogP contribution in [0.5, 0.6) is 0 Å². The highest BCUT2D eigenvalue weighted by Gasteiger charge is 2.21. The van der Waals surface area contributed by atoms with E-state index in [0.717, 1.165) is 18.7 Å². The topological polar surface area (TPSA) is 41.6 Å². The molecule has 0 unspecified atom stereocenters. The summed E-state index contributed by atoms with van der Waals surface area (Å²) in [5.41, 5.74) is 6.65. The number of nitrogens with zero attached hydrogens (tertiary/aromatic N) is 2. The number of hydrogen-bond donors (Lipinski definition) is 1. The van der Waals surface area contributed by atoms with Gasteiger partial charge in [-0.15, -0.1) is 24.0 Å². The molecule has 0 heterocycles. The highest BCUT2D eigenvalue weighted by Crippen LogP contribution is 2.24. The minimum atomic E-state index is -0.236. The molecule has 0 aliphatic heterocycles. The average Bonchev–Trinajstić information content (AvgIpc) is 2.38. The first-order valence-electron chi connectivity index (χ1n) is 6.71. The van der Waals surface area contributed by atoms with Gasteiger partial charge in [0.1, 0.15) is 5.82 Å². The van der Waals surface area contributed by atoms with Gasteiger partial charge < -0.3 is 10.6 Å². The Balaban J connectivity index is 0.00000361. The summed E-state index contributed by atoms with van der Waals surface area (Å²) in [6, 6.07) is 6.66. The third-order valence-electron chi connectivity index (χ3n) is 3.33. The second-order valence-corrected chi connectivity index (χ2v) is 5.24. The van der Waals surface area contributed by atoms with Crippen molar-refractivity contribution >= 4 is 29.9 Å². The van der Waals surface area contributed by atoms with E-state index in [2.05, 4.69) is 4.99 Å². The first-order chi connectivity index (χ1) is 8.90. The summed E-state index contributed by atoms with van der Waals surface area (Å²) in [4.78, 5) is 6.44. The molecule has 0 spiro atoms. The quantitative estimate of drug-likeness (QED) is 0.474. The molecule has 0 aliphatic carbocycles. The largest absolute Gasteiger partial charge is 0.370 e. The molecule has 1 rings (SSSR count). The molecular weight excluding hydrogens is 368 g/mol. The number of rotatable bonds is 5. The van der Waals surface area contributed by atoms with Crippen molar-refractivity contribution in [2.24, 2.45) is 10.7 Å². The van der Waals surface area contributed by atoms with Gasteiger partial charge in [-0.2, -0.15) is 0 Å². The molecule has 1 aromatic rings. The standard InChI is InChI=1S/C15H24FN3.HI/c1-5-19(6-2)14(17)18-11-15(3,4)12-8-7-9-13(16)10-12;/h7-10H,5-6,11H2,1-4H3,(H2,17,18);1H. The summed E-state index contributed by atoms with van der Waals surface area (Å²) >= 11 is 0. The second-order valence-electron chi connectivity index (χ2n) is 5.24. The van der Waals surface area contributed by atoms with Crippen LogP contribution < -0.4 is 5.73 Å². The van der Waals surface area contributed by atoms with E-state index in [-0.39, 0.29) is 35.2 Å². The second kappa shape index (κ2) is 8.44. The van der Waals surface area contributed by atoms with E-state index < -0.39 is 0 Å². The van der Waals surface area contributed by atoms with Gasteiger partial charge in [-0.1, -0.05) is 26.0 Å². The van der Waals surface area contributed by atoms with Gasteiger partial charge in [0.05, 0.1) is 6.54 Å².